The normalized spacial score (nSPS) is 12.5. The average molecular weight is 292 g/mol. The van der Waals surface area contributed by atoms with Crippen LogP contribution in [0, 0.1) is 15.3 Å². The predicted molar refractivity (Wildman–Crippen MR) is 58.0 cm³/mol. The van der Waals surface area contributed by atoms with Crippen molar-refractivity contribution in [1.29, 1.82) is 0 Å². The molecule has 1 aromatic rings. The van der Waals surface area contributed by atoms with E-state index in [0.717, 1.165) is 9.86 Å². The molecule has 1 unspecified atom stereocenters. The van der Waals surface area contributed by atoms with Crippen molar-refractivity contribution in [3.8, 4) is 0 Å². The van der Waals surface area contributed by atoms with Crippen LogP contribution in [0.1, 0.15) is 12.5 Å². The van der Waals surface area contributed by atoms with Crippen molar-refractivity contribution in [3.05, 3.63) is 33.1 Å². The van der Waals surface area contributed by atoms with E-state index in [2.05, 4.69) is 22.6 Å². The van der Waals surface area contributed by atoms with Crippen LogP contribution in [0.2, 0.25) is 0 Å². The van der Waals surface area contributed by atoms with E-state index in [-0.39, 0.29) is 11.7 Å². The molecular formula is C10H10FIO. The van der Waals surface area contributed by atoms with Gasteiger partial charge in [-0.05, 0) is 46.7 Å². The maximum Gasteiger partial charge on any atom is 0.127 e. The Labute approximate surface area is 90.5 Å². The molecule has 0 aliphatic heterocycles. The summed E-state index contributed by atoms with van der Waals surface area (Å²) in [5, 5.41) is 0. The molecule has 3 heteroatoms. The maximum atomic E-state index is 13.2. The highest BCUT2D eigenvalue weighted by atomic mass is 127. The first-order valence-electron chi connectivity index (χ1n) is 4.02. The summed E-state index contributed by atoms with van der Waals surface area (Å²) < 4.78 is 14.1. The quantitative estimate of drug-likeness (QED) is 0.618. The Morgan fingerprint density at radius 3 is 2.85 bits per heavy atom. The van der Waals surface area contributed by atoms with Crippen LogP contribution in [-0.4, -0.2) is 6.29 Å². The molecule has 1 rings (SSSR count). The van der Waals surface area contributed by atoms with E-state index >= 15 is 0 Å². The lowest BCUT2D eigenvalue weighted by atomic mass is 10.0. The Balaban J connectivity index is 2.83. The number of rotatable bonds is 3. The highest BCUT2D eigenvalue weighted by molar-refractivity contribution is 14.1. The molecule has 0 heterocycles. The molecule has 1 aromatic carbocycles. The topological polar surface area (TPSA) is 17.1 Å². The highest BCUT2D eigenvalue weighted by Gasteiger charge is 2.06. The number of hydrogen-bond donors (Lipinski definition) is 0. The van der Waals surface area contributed by atoms with Crippen LogP contribution in [0.4, 0.5) is 4.39 Å². The number of carbonyl (C=O) groups is 1. The lowest BCUT2D eigenvalue weighted by Crippen LogP contribution is -2.02. The average Bonchev–Trinajstić information content (AvgIpc) is 2.09. The summed E-state index contributed by atoms with van der Waals surface area (Å²) in [7, 11) is 0. The zero-order chi connectivity index (χ0) is 9.84. The zero-order valence-electron chi connectivity index (χ0n) is 7.26. The van der Waals surface area contributed by atoms with Crippen LogP contribution in [0.5, 0.6) is 0 Å². The van der Waals surface area contributed by atoms with Gasteiger partial charge in [0.2, 0.25) is 0 Å². The van der Waals surface area contributed by atoms with Crippen LogP contribution >= 0.6 is 22.6 Å². The van der Waals surface area contributed by atoms with E-state index in [1.165, 1.54) is 6.07 Å². The Morgan fingerprint density at radius 2 is 2.31 bits per heavy atom. The molecule has 0 aliphatic carbocycles. The second-order valence-electron chi connectivity index (χ2n) is 3.05. The Kier molecular flexibility index (Phi) is 3.84. The fraction of sp³-hybridized carbons (Fsp3) is 0.300. The van der Waals surface area contributed by atoms with Gasteiger partial charge in [0, 0.05) is 9.49 Å². The van der Waals surface area contributed by atoms with E-state index in [1.807, 2.05) is 6.07 Å². The summed E-state index contributed by atoms with van der Waals surface area (Å²) in [6.07, 6.45) is 1.32. The summed E-state index contributed by atoms with van der Waals surface area (Å²) in [5.41, 5.74) is 0.611. The summed E-state index contributed by atoms with van der Waals surface area (Å²) in [5.74, 6) is -0.338. The molecule has 0 radical (unpaired) electrons. The van der Waals surface area contributed by atoms with Crippen molar-refractivity contribution in [2.75, 3.05) is 0 Å². The standard InChI is InChI=1S/C10H10FIO/c1-7(6-13)4-8-2-3-9(12)5-10(8)11/h2-3,5-7H,4H2,1H3. The number of benzene rings is 1. The fourth-order valence-electron chi connectivity index (χ4n) is 1.08. The van der Waals surface area contributed by atoms with Crippen molar-refractivity contribution >= 4 is 28.9 Å². The fourth-order valence-corrected chi connectivity index (χ4v) is 1.54. The molecule has 0 bridgehead atoms. The first kappa shape index (κ1) is 10.6. The monoisotopic (exact) mass is 292 g/mol. The van der Waals surface area contributed by atoms with Crippen molar-refractivity contribution in [2.24, 2.45) is 5.92 Å². The first-order chi connectivity index (χ1) is 6.13. The number of halogens is 2. The predicted octanol–water partition coefficient (Wildman–Crippen LogP) is 2.81. The molecule has 70 valence electrons. The molecule has 0 saturated carbocycles. The molecule has 0 spiro atoms. The molecule has 1 atom stereocenters. The van der Waals surface area contributed by atoms with Gasteiger partial charge in [-0.1, -0.05) is 13.0 Å². The van der Waals surface area contributed by atoms with E-state index in [9.17, 15) is 9.18 Å². The van der Waals surface area contributed by atoms with Gasteiger partial charge in [0.05, 0.1) is 0 Å². The van der Waals surface area contributed by atoms with E-state index < -0.39 is 0 Å². The van der Waals surface area contributed by atoms with Gasteiger partial charge in [-0.15, -0.1) is 0 Å². The SMILES string of the molecule is CC(C=O)Cc1ccc(I)cc1F. The Morgan fingerprint density at radius 1 is 1.62 bits per heavy atom. The van der Waals surface area contributed by atoms with Crippen molar-refractivity contribution in [2.45, 2.75) is 13.3 Å². The van der Waals surface area contributed by atoms with Gasteiger partial charge >= 0.3 is 0 Å². The smallest absolute Gasteiger partial charge is 0.127 e. The molecule has 0 saturated heterocycles. The van der Waals surface area contributed by atoms with Gasteiger partial charge in [-0.25, -0.2) is 4.39 Å². The lowest BCUT2D eigenvalue weighted by molar-refractivity contribution is -0.110. The van der Waals surface area contributed by atoms with E-state index in [4.69, 9.17) is 0 Å². The van der Waals surface area contributed by atoms with Gasteiger partial charge in [0.1, 0.15) is 12.1 Å². The van der Waals surface area contributed by atoms with Crippen LogP contribution in [0.3, 0.4) is 0 Å². The molecular weight excluding hydrogens is 282 g/mol. The van der Waals surface area contributed by atoms with Gasteiger partial charge in [-0.2, -0.15) is 0 Å². The summed E-state index contributed by atoms with van der Waals surface area (Å²) in [6, 6.07) is 5.06. The third-order valence-electron chi connectivity index (χ3n) is 1.79. The summed E-state index contributed by atoms with van der Waals surface area (Å²) in [4.78, 5) is 10.4. The molecule has 0 fully saturated rings. The summed E-state index contributed by atoms with van der Waals surface area (Å²) in [6.45, 7) is 1.78. The number of aldehydes is 1. The van der Waals surface area contributed by atoms with E-state index in [1.54, 1.807) is 13.0 Å². The molecule has 0 aliphatic rings. The van der Waals surface area contributed by atoms with Crippen molar-refractivity contribution < 1.29 is 9.18 Å². The minimum atomic E-state index is -0.222. The first-order valence-corrected chi connectivity index (χ1v) is 5.10. The van der Waals surface area contributed by atoms with Gasteiger partial charge in [0.25, 0.3) is 0 Å². The third kappa shape index (κ3) is 3.06. The minimum Gasteiger partial charge on any atom is -0.303 e. The summed E-state index contributed by atoms with van der Waals surface area (Å²) >= 11 is 2.06. The minimum absolute atomic E-state index is 0.116. The number of carbonyl (C=O) groups excluding carboxylic acids is 1. The van der Waals surface area contributed by atoms with E-state index in [0.29, 0.717) is 12.0 Å². The second kappa shape index (κ2) is 4.69. The van der Waals surface area contributed by atoms with Crippen LogP contribution in [-0.2, 0) is 11.2 Å². The second-order valence-corrected chi connectivity index (χ2v) is 4.30. The Bertz CT molecular complexity index is 312. The van der Waals surface area contributed by atoms with Gasteiger partial charge in [0.15, 0.2) is 0 Å². The number of hydrogen-bond acceptors (Lipinski definition) is 1. The maximum absolute atomic E-state index is 13.2. The van der Waals surface area contributed by atoms with Crippen molar-refractivity contribution in [1.82, 2.24) is 0 Å². The lowest BCUT2D eigenvalue weighted by Gasteiger charge is -2.05. The highest BCUT2D eigenvalue weighted by Crippen LogP contribution is 2.15. The van der Waals surface area contributed by atoms with Crippen LogP contribution in [0.25, 0.3) is 0 Å². The van der Waals surface area contributed by atoms with Crippen LogP contribution < -0.4 is 0 Å². The molecule has 13 heavy (non-hydrogen) atoms. The van der Waals surface area contributed by atoms with Gasteiger partial charge in [-0.3, -0.25) is 0 Å². The molecule has 0 amide bonds. The molecule has 1 nitrogen and oxygen atoms in total. The third-order valence-corrected chi connectivity index (χ3v) is 2.46. The molecule has 0 N–H and O–H groups in total. The van der Waals surface area contributed by atoms with Gasteiger partial charge < -0.3 is 4.79 Å². The van der Waals surface area contributed by atoms with Crippen LogP contribution in [0.15, 0.2) is 18.2 Å². The largest absolute Gasteiger partial charge is 0.303 e. The zero-order valence-corrected chi connectivity index (χ0v) is 9.42. The van der Waals surface area contributed by atoms with Crippen molar-refractivity contribution in [3.63, 3.8) is 0 Å². The molecule has 0 aromatic heterocycles. The Hall–Kier alpha value is -0.450.